The Morgan fingerprint density at radius 3 is 2.48 bits per heavy atom. The minimum absolute atomic E-state index is 0.0511. The molecule has 5 nitrogen and oxygen atoms in total. The molecule has 1 rings (SSSR count). The van der Waals surface area contributed by atoms with Crippen LogP contribution in [0, 0.1) is 0 Å². The first-order valence-electron chi connectivity index (χ1n) is 5.45. The number of alkyl halides is 3. The zero-order valence-corrected chi connectivity index (χ0v) is 12.2. The van der Waals surface area contributed by atoms with E-state index in [1.165, 1.54) is 13.0 Å². The van der Waals surface area contributed by atoms with Gasteiger partial charge in [0.15, 0.2) is 0 Å². The monoisotopic (exact) mass is 346 g/mol. The molecule has 0 N–H and O–H groups in total. The third kappa shape index (κ3) is 5.09. The molecule has 0 unspecified atom stereocenters. The Morgan fingerprint density at radius 2 is 1.95 bits per heavy atom. The predicted molar refractivity (Wildman–Crippen MR) is 67.4 cm³/mol. The molecular weight excluding hydrogens is 337 g/mol. The Bertz CT molecular complexity index is 627. The maximum Gasteiger partial charge on any atom is 0.534 e. The molecule has 0 saturated heterocycles. The number of halogens is 4. The molecule has 0 bridgehead atoms. The van der Waals surface area contributed by atoms with Crippen LogP contribution in [0.4, 0.5) is 13.2 Å². The Morgan fingerprint density at radius 1 is 1.33 bits per heavy atom. The molecule has 0 atom stereocenters. The van der Waals surface area contributed by atoms with Gasteiger partial charge < -0.3 is 8.92 Å². The maximum absolute atomic E-state index is 12.2. The number of rotatable bonds is 5. The zero-order valence-electron chi connectivity index (χ0n) is 10.6. The molecule has 0 aromatic heterocycles. The molecule has 0 saturated carbocycles. The van der Waals surface area contributed by atoms with E-state index in [4.69, 9.17) is 11.6 Å². The van der Waals surface area contributed by atoms with E-state index in [-0.39, 0.29) is 23.6 Å². The zero-order chi connectivity index (χ0) is 16.3. The first kappa shape index (κ1) is 17.6. The predicted octanol–water partition coefficient (Wildman–Crippen LogP) is 2.67. The van der Waals surface area contributed by atoms with Gasteiger partial charge in [-0.15, -0.1) is 0 Å². The normalized spacial score (nSPS) is 12.0. The topological polar surface area (TPSA) is 69.7 Å². The second-order valence-electron chi connectivity index (χ2n) is 3.83. The van der Waals surface area contributed by atoms with Crippen LogP contribution in [-0.4, -0.2) is 26.5 Å². The standard InChI is InChI=1S/C11H10ClF3O5S/c1-7(16)19-5-4-8-6-9(2-3-10(8)12)20-21(17,18)11(13,14)15/h2-3,6H,4-5H2,1H3. The summed E-state index contributed by atoms with van der Waals surface area (Å²) in [4.78, 5) is 10.6. The van der Waals surface area contributed by atoms with Gasteiger partial charge in [0.1, 0.15) is 5.75 Å². The lowest BCUT2D eigenvalue weighted by Gasteiger charge is -2.11. The van der Waals surface area contributed by atoms with E-state index < -0.39 is 27.3 Å². The molecule has 10 heteroatoms. The van der Waals surface area contributed by atoms with E-state index in [0.717, 1.165) is 12.1 Å². The second kappa shape index (κ2) is 6.52. The quantitative estimate of drug-likeness (QED) is 0.466. The van der Waals surface area contributed by atoms with E-state index in [1.54, 1.807) is 0 Å². The Kier molecular flexibility index (Phi) is 5.46. The number of hydrogen-bond donors (Lipinski definition) is 0. The van der Waals surface area contributed by atoms with Crippen molar-refractivity contribution in [2.75, 3.05) is 6.61 Å². The van der Waals surface area contributed by atoms with Crippen molar-refractivity contribution >= 4 is 27.7 Å². The highest BCUT2D eigenvalue weighted by Gasteiger charge is 2.48. The van der Waals surface area contributed by atoms with E-state index >= 15 is 0 Å². The smallest absolute Gasteiger partial charge is 0.466 e. The fourth-order valence-electron chi connectivity index (χ4n) is 1.27. The average Bonchev–Trinajstić information content (AvgIpc) is 2.31. The summed E-state index contributed by atoms with van der Waals surface area (Å²) >= 11 is 5.80. The van der Waals surface area contributed by atoms with Crippen LogP contribution in [0.1, 0.15) is 12.5 Å². The molecule has 21 heavy (non-hydrogen) atoms. The fourth-order valence-corrected chi connectivity index (χ4v) is 1.94. The highest BCUT2D eigenvalue weighted by atomic mass is 35.5. The molecule has 0 heterocycles. The summed E-state index contributed by atoms with van der Waals surface area (Å²) in [5, 5.41) is 0.180. The second-order valence-corrected chi connectivity index (χ2v) is 5.77. The lowest BCUT2D eigenvalue weighted by Crippen LogP contribution is -2.28. The molecular formula is C11H10ClF3O5S. The van der Waals surface area contributed by atoms with Gasteiger partial charge in [0.2, 0.25) is 0 Å². The minimum atomic E-state index is -5.74. The number of esters is 1. The van der Waals surface area contributed by atoms with Gasteiger partial charge in [-0.1, -0.05) is 11.6 Å². The van der Waals surface area contributed by atoms with Crippen molar-refractivity contribution in [1.82, 2.24) is 0 Å². The van der Waals surface area contributed by atoms with Crippen molar-refractivity contribution in [2.24, 2.45) is 0 Å². The van der Waals surface area contributed by atoms with Gasteiger partial charge in [-0.05, 0) is 23.8 Å². The summed E-state index contributed by atoms with van der Waals surface area (Å²) in [6.07, 6.45) is 0.0989. The molecule has 0 fully saturated rings. The van der Waals surface area contributed by atoms with Gasteiger partial charge in [-0.2, -0.15) is 21.6 Å². The number of benzene rings is 1. The first-order chi connectivity index (χ1) is 9.53. The molecule has 0 spiro atoms. The summed E-state index contributed by atoms with van der Waals surface area (Å²) in [6.45, 7) is 1.14. The highest BCUT2D eigenvalue weighted by Crippen LogP contribution is 2.29. The van der Waals surface area contributed by atoms with Crippen molar-refractivity contribution in [3.05, 3.63) is 28.8 Å². The summed E-state index contributed by atoms with van der Waals surface area (Å²) in [7, 11) is -5.74. The number of carbonyl (C=O) groups is 1. The van der Waals surface area contributed by atoms with Crippen molar-refractivity contribution in [3.63, 3.8) is 0 Å². The van der Waals surface area contributed by atoms with E-state index in [1.807, 2.05) is 0 Å². The number of ether oxygens (including phenoxy) is 1. The lowest BCUT2D eigenvalue weighted by molar-refractivity contribution is -0.140. The summed E-state index contributed by atoms with van der Waals surface area (Å²) < 4.78 is 67.0. The van der Waals surface area contributed by atoms with Gasteiger partial charge in [-0.3, -0.25) is 4.79 Å². The van der Waals surface area contributed by atoms with Gasteiger partial charge >= 0.3 is 21.6 Å². The van der Waals surface area contributed by atoms with Crippen LogP contribution in [0.3, 0.4) is 0 Å². The van der Waals surface area contributed by atoms with Crippen LogP contribution in [0.2, 0.25) is 5.02 Å². The van der Waals surface area contributed by atoms with Gasteiger partial charge in [0, 0.05) is 18.4 Å². The molecule has 0 aliphatic rings. The largest absolute Gasteiger partial charge is 0.534 e. The average molecular weight is 347 g/mol. The molecule has 1 aromatic rings. The Hall–Kier alpha value is -1.48. The lowest BCUT2D eigenvalue weighted by atomic mass is 10.1. The third-order valence-electron chi connectivity index (χ3n) is 2.18. The molecule has 0 aliphatic carbocycles. The van der Waals surface area contributed by atoms with E-state index in [9.17, 15) is 26.4 Å². The summed E-state index contributed by atoms with van der Waals surface area (Å²) in [6, 6.07) is 3.21. The summed E-state index contributed by atoms with van der Waals surface area (Å²) in [5.74, 6) is -1.06. The highest BCUT2D eigenvalue weighted by molar-refractivity contribution is 7.88. The fraction of sp³-hybridized carbons (Fsp3) is 0.364. The summed E-state index contributed by atoms with van der Waals surface area (Å²) in [5.41, 5.74) is -5.24. The molecule has 1 aromatic carbocycles. The van der Waals surface area contributed by atoms with Gasteiger partial charge in [-0.25, -0.2) is 0 Å². The molecule has 0 amide bonds. The first-order valence-corrected chi connectivity index (χ1v) is 7.24. The SMILES string of the molecule is CC(=O)OCCc1cc(OS(=O)(=O)C(F)(F)F)ccc1Cl. The maximum atomic E-state index is 12.2. The van der Waals surface area contributed by atoms with Crippen molar-refractivity contribution in [1.29, 1.82) is 0 Å². The number of carbonyl (C=O) groups excluding carboxylic acids is 1. The minimum Gasteiger partial charge on any atom is -0.466 e. The van der Waals surface area contributed by atoms with Crippen molar-refractivity contribution in [3.8, 4) is 5.75 Å². The van der Waals surface area contributed by atoms with E-state index in [2.05, 4.69) is 8.92 Å². The number of hydrogen-bond acceptors (Lipinski definition) is 5. The van der Waals surface area contributed by atoms with E-state index in [0.29, 0.717) is 0 Å². The molecule has 0 aliphatic heterocycles. The van der Waals surface area contributed by atoms with Crippen molar-refractivity contribution < 1.29 is 35.3 Å². The van der Waals surface area contributed by atoms with Crippen LogP contribution < -0.4 is 4.18 Å². The Balaban J connectivity index is 2.89. The van der Waals surface area contributed by atoms with Gasteiger partial charge in [0.05, 0.1) is 6.61 Å². The van der Waals surface area contributed by atoms with Crippen molar-refractivity contribution in [2.45, 2.75) is 18.9 Å². The van der Waals surface area contributed by atoms with Crippen LogP contribution in [-0.2, 0) is 26.1 Å². The Labute approximate surface area is 123 Å². The molecule has 0 radical (unpaired) electrons. The van der Waals surface area contributed by atoms with Crippen LogP contribution in [0.5, 0.6) is 5.75 Å². The van der Waals surface area contributed by atoms with Crippen LogP contribution in [0.15, 0.2) is 18.2 Å². The molecule has 118 valence electrons. The van der Waals surface area contributed by atoms with Crippen LogP contribution in [0.25, 0.3) is 0 Å². The van der Waals surface area contributed by atoms with Gasteiger partial charge in [0.25, 0.3) is 0 Å². The van der Waals surface area contributed by atoms with Crippen LogP contribution >= 0.6 is 11.6 Å². The third-order valence-corrected chi connectivity index (χ3v) is 3.53.